The summed E-state index contributed by atoms with van der Waals surface area (Å²) in [5, 5.41) is 6.32. The molecule has 2 rings (SSSR count). The Labute approximate surface area is 127 Å². The first kappa shape index (κ1) is 17.0. The normalized spacial score (nSPS) is 15.4. The third-order valence-electron chi connectivity index (χ3n) is 3.43. The molecule has 0 aliphatic carbocycles. The van der Waals surface area contributed by atoms with Crippen LogP contribution in [-0.4, -0.2) is 50.1 Å². The molecule has 0 saturated carbocycles. The molecule has 0 atom stereocenters. The highest BCUT2D eigenvalue weighted by molar-refractivity contribution is 5.94. The summed E-state index contributed by atoms with van der Waals surface area (Å²) < 4.78 is 0. The smallest absolute Gasteiger partial charge is 0.251 e. The predicted octanol–water partition coefficient (Wildman–Crippen LogP) is 1.44. The van der Waals surface area contributed by atoms with Crippen molar-refractivity contribution in [3.63, 3.8) is 0 Å². The van der Waals surface area contributed by atoms with Crippen LogP contribution in [0, 0.1) is 6.92 Å². The molecule has 0 radical (unpaired) electrons. The lowest BCUT2D eigenvalue weighted by atomic mass is 10.1. The molecule has 0 unspecified atom stereocenters. The molecule has 1 amide bonds. The van der Waals surface area contributed by atoms with Crippen molar-refractivity contribution < 1.29 is 4.79 Å². The second-order valence-corrected chi connectivity index (χ2v) is 5.07. The van der Waals surface area contributed by atoms with Gasteiger partial charge < -0.3 is 15.5 Å². The molecule has 5 heteroatoms. The first-order valence-corrected chi connectivity index (χ1v) is 7.03. The molecule has 1 heterocycles. The van der Waals surface area contributed by atoms with Crippen molar-refractivity contribution in [2.24, 2.45) is 0 Å². The van der Waals surface area contributed by atoms with Crippen LogP contribution in [0.25, 0.3) is 0 Å². The Morgan fingerprint density at radius 2 is 2.10 bits per heavy atom. The van der Waals surface area contributed by atoms with Crippen molar-refractivity contribution >= 4 is 18.3 Å². The van der Waals surface area contributed by atoms with E-state index < -0.39 is 0 Å². The average Bonchev–Trinajstić information content (AvgIpc) is 2.44. The van der Waals surface area contributed by atoms with Gasteiger partial charge in [-0.15, -0.1) is 12.4 Å². The lowest BCUT2D eigenvalue weighted by Crippen LogP contribution is -2.44. The molecule has 1 aliphatic heterocycles. The third-order valence-corrected chi connectivity index (χ3v) is 3.43. The van der Waals surface area contributed by atoms with Crippen LogP contribution in [0.15, 0.2) is 24.3 Å². The monoisotopic (exact) mass is 297 g/mol. The molecule has 1 aromatic carbocycles. The zero-order chi connectivity index (χ0) is 13.5. The third kappa shape index (κ3) is 5.49. The summed E-state index contributed by atoms with van der Waals surface area (Å²) in [5.41, 5.74) is 1.87. The summed E-state index contributed by atoms with van der Waals surface area (Å²) in [6, 6.07) is 7.70. The van der Waals surface area contributed by atoms with Crippen LogP contribution in [-0.2, 0) is 0 Å². The van der Waals surface area contributed by atoms with E-state index in [1.54, 1.807) is 0 Å². The number of hydrogen-bond acceptors (Lipinski definition) is 3. The topological polar surface area (TPSA) is 44.4 Å². The Morgan fingerprint density at radius 3 is 2.80 bits per heavy atom. The number of nitrogens with zero attached hydrogens (tertiary/aromatic N) is 1. The fourth-order valence-corrected chi connectivity index (χ4v) is 2.33. The minimum absolute atomic E-state index is 0. The number of rotatable bonds is 5. The average molecular weight is 298 g/mol. The SMILES string of the molecule is Cc1cccc(C(=O)NCCCN2CCNCC2)c1.Cl. The van der Waals surface area contributed by atoms with Crippen molar-refractivity contribution in [3.8, 4) is 0 Å². The number of carbonyl (C=O) groups excluding carboxylic acids is 1. The van der Waals surface area contributed by atoms with Gasteiger partial charge in [0, 0.05) is 38.3 Å². The summed E-state index contributed by atoms with van der Waals surface area (Å²) in [7, 11) is 0. The maximum absolute atomic E-state index is 11.9. The first-order valence-electron chi connectivity index (χ1n) is 7.03. The number of benzene rings is 1. The highest BCUT2D eigenvalue weighted by Gasteiger charge is 2.09. The molecule has 0 bridgehead atoms. The zero-order valence-electron chi connectivity index (χ0n) is 12.0. The van der Waals surface area contributed by atoms with Gasteiger partial charge in [-0.25, -0.2) is 0 Å². The molecule has 2 N–H and O–H groups in total. The zero-order valence-corrected chi connectivity index (χ0v) is 12.8. The molecular formula is C15H24ClN3O. The fraction of sp³-hybridized carbons (Fsp3) is 0.533. The molecule has 20 heavy (non-hydrogen) atoms. The van der Waals surface area contributed by atoms with Gasteiger partial charge in [0.15, 0.2) is 0 Å². The Bertz CT molecular complexity index is 419. The van der Waals surface area contributed by atoms with Gasteiger partial charge >= 0.3 is 0 Å². The van der Waals surface area contributed by atoms with E-state index >= 15 is 0 Å². The summed E-state index contributed by atoms with van der Waals surface area (Å²) in [5.74, 6) is 0.0315. The quantitative estimate of drug-likeness (QED) is 0.809. The summed E-state index contributed by atoms with van der Waals surface area (Å²) in [4.78, 5) is 14.4. The van der Waals surface area contributed by atoms with E-state index in [-0.39, 0.29) is 18.3 Å². The van der Waals surface area contributed by atoms with Crippen LogP contribution < -0.4 is 10.6 Å². The molecule has 112 valence electrons. The van der Waals surface area contributed by atoms with Gasteiger partial charge in [0.05, 0.1) is 0 Å². The van der Waals surface area contributed by atoms with Gasteiger partial charge in [-0.1, -0.05) is 17.7 Å². The van der Waals surface area contributed by atoms with Gasteiger partial charge in [-0.05, 0) is 32.0 Å². The van der Waals surface area contributed by atoms with E-state index in [0.29, 0.717) is 0 Å². The highest BCUT2D eigenvalue weighted by Crippen LogP contribution is 2.03. The van der Waals surface area contributed by atoms with Crippen molar-refractivity contribution in [2.75, 3.05) is 39.3 Å². The van der Waals surface area contributed by atoms with E-state index in [0.717, 1.165) is 56.8 Å². The van der Waals surface area contributed by atoms with Gasteiger partial charge in [0.25, 0.3) is 5.91 Å². The maximum atomic E-state index is 11.9. The number of piperazine rings is 1. The van der Waals surface area contributed by atoms with Crippen LogP contribution >= 0.6 is 12.4 Å². The van der Waals surface area contributed by atoms with Crippen LogP contribution in [0.4, 0.5) is 0 Å². The molecule has 1 saturated heterocycles. The molecular weight excluding hydrogens is 274 g/mol. The summed E-state index contributed by atoms with van der Waals surface area (Å²) in [6.07, 6.45) is 1.01. The first-order chi connectivity index (χ1) is 9.25. The number of nitrogens with one attached hydrogen (secondary N) is 2. The van der Waals surface area contributed by atoms with Gasteiger partial charge in [-0.2, -0.15) is 0 Å². The van der Waals surface area contributed by atoms with Crippen LogP contribution in [0.3, 0.4) is 0 Å². The molecule has 1 aromatic rings. The van der Waals surface area contributed by atoms with Gasteiger partial charge in [-0.3, -0.25) is 4.79 Å². The summed E-state index contributed by atoms with van der Waals surface area (Å²) >= 11 is 0. The number of carbonyl (C=O) groups is 1. The van der Waals surface area contributed by atoms with E-state index in [2.05, 4.69) is 15.5 Å². The maximum Gasteiger partial charge on any atom is 0.251 e. The largest absolute Gasteiger partial charge is 0.352 e. The Kier molecular flexibility index (Phi) is 7.59. The summed E-state index contributed by atoms with van der Waals surface area (Å²) in [6.45, 7) is 8.20. The number of aryl methyl sites for hydroxylation is 1. The number of amides is 1. The molecule has 1 fully saturated rings. The fourth-order valence-electron chi connectivity index (χ4n) is 2.33. The number of hydrogen-bond donors (Lipinski definition) is 2. The van der Waals surface area contributed by atoms with Gasteiger partial charge in [0.2, 0.25) is 0 Å². The van der Waals surface area contributed by atoms with E-state index in [4.69, 9.17) is 0 Å². The van der Waals surface area contributed by atoms with E-state index in [1.807, 2.05) is 31.2 Å². The van der Waals surface area contributed by atoms with Crippen LogP contribution in [0.1, 0.15) is 22.3 Å². The molecule has 0 aromatic heterocycles. The molecule has 1 aliphatic rings. The van der Waals surface area contributed by atoms with Crippen molar-refractivity contribution in [3.05, 3.63) is 35.4 Å². The van der Waals surface area contributed by atoms with Crippen molar-refractivity contribution in [1.29, 1.82) is 0 Å². The lowest BCUT2D eigenvalue weighted by Gasteiger charge is -2.27. The lowest BCUT2D eigenvalue weighted by molar-refractivity contribution is 0.0951. The van der Waals surface area contributed by atoms with Crippen molar-refractivity contribution in [1.82, 2.24) is 15.5 Å². The van der Waals surface area contributed by atoms with Crippen LogP contribution in [0.2, 0.25) is 0 Å². The second kappa shape index (κ2) is 8.95. The minimum Gasteiger partial charge on any atom is -0.352 e. The Balaban J connectivity index is 0.00000200. The van der Waals surface area contributed by atoms with Gasteiger partial charge in [0.1, 0.15) is 0 Å². The number of halogens is 1. The van der Waals surface area contributed by atoms with Crippen molar-refractivity contribution in [2.45, 2.75) is 13.3 Å². The van der Waals surface area contributed by atoms with Crippen LogP contribution in [0.5, 0.6) is 0 Å². The molecule has 0 spiro atoms. The molecule has 4 nitrogen and oxygen atoms in total. The Hall–Kier alpha value is -1.10. The minimum atomic E-state index is 0. The predicted molar refractivity (Wildman–Crippen MR) is 84.7 cm³/mol. The Morgan fingerprint density at radius 1 is 1.35 bits per heavy atom. The highest BCUT2D eigenvalue weighted by atomic mass is 35.5. The van der Waals surface area contributed by atoms with E-state index in [9.17, 15) is 4.79 Å². The standard InChI is InChI=1S/C15H23N3O.ClH/c1-13-4-2-5-14(12-13)15(19)17-6-3-9-18-10-7-16-8-11-18;/h2,4-5,12,16H,3,6-11H2,1H3,(H,17,19);1H. The second-order valence-electron chi connectivity index (χ2n) is 5.07. The van der Waals surface area contributed by atoms with E-state index in [1.165, 1.54) is 0 Å².